The maximum Gasteiger partial charge on any atom is 0.333 e. The topological polar surface area (TPSA) is 77.5 Å². The molecule has 1 heterocycles. The zero-order valence-corrected chi connectivity index (χ0v) is 10.5. The molecule has 19 heavy (non-hydrogen) atoms. The summed E-state index contributed by atoms with van der Waals surface area (Å²) in [6, 6.07) is 8.60. The summed E-state index contributed by atoms with van der Waals surface area (Å²) < 4.78 is 10.2. The summed E-state index contributed by atoms with van der Waals surface area (Å²) in [7, 11) is 1.41. The largest absolute Gasteiger partial charge is 0.490 e. The van der Waals surface area contributed by atoms with Gasteiger partial charge in [0.15, 0.2) is 5.75 Å². The lowest BCUT2D eigenvalue weighted by atomic mass is 10.2. The summed E-state index contributed by atoms with van der Waals surface area (Å²) in [5.74, 6) is 1.08. The minimum absolute atomic E-state index is 0.0514. The summed E-state index contributed by atoms with van der Waals surface area (Å²) in [5.41, 5.74) is 0.389. The van der Waals surface area contributed by atoms with Gasteiger partial charge in [0.25, 0.3) is 0 Å². The number of nitrogens with zero attached hydrogens (tertiary/aromatic N) is 1. The third-order valence-electron chi connectivity index (χ3n) is 2.67. The van der Waals surface area contributed by atoms with Gasteiger partial charge in [0.2, 0.25) is 0 Å². The van der Waals surface area contributed by atoms with E-state index in [1.165, 1.54) is 7.11 Å². The Balaban J connectivity index is 2.09. The Morgan fingerprint density at radius 1 is 1.37 bits per heavy atom. The van der Waals surface area contributed by atoms with Crippen LogP contribution >= 0.6 is 0 Å². The van der Waals surface area contributed by atoms with E-state index in [2.05, 4.69) is 5.32 Å². The molecule has 0 bridgehead atoms. The number of ether oxygens (including phenoxy) is 1. The van der Waals surface area contributed by atoms with Gasteiger partial charge in [0.05, 0.1) is 18.3 Å². The predicted molar refractivity (Wildman–Crippen MR) is 70.6 cm³/mol. The van der Waals surface area contributed by atoms with Gasteiger partial charge >= 0.3 is 5.69 Å². The maximum atomic E-state index is 11.1. The quantitative estimate of drug-likeness (QED) is 0.639. The van der Waals surface area contributed by atoms with Crippen LogP contribution in [-0.4, -0.2) is 18.6 Å². The fourth-order valence-corrected chi connectivity index (χ4v) is 1.79. The molecule has 0 aliphatic heterocycles. The number of hydrogen-bond donors (Lipinski definition) is 1. The van der Waals surface area contributed by atoms with E-state index in [0.717, 1.165) is 5.76 Å². The molecule has 100 valence electrons. The minimum Gasteiger partial charge on any atom is -0.490 e. The first kappa shape index (κ1) is 12.9. The van der Waals surface area contributed by atoms with E-state index in [4.69, 9.17) is 9.15 Å². The minimum atomic E-state index is -0.450. The molecule has 0 unspecified atom stereocenters. The molecule has 0 radical (unpaired) electrons. The fraction of sp³-hybridized carbons (Fsp3) is 0.231. The van der Waals surface area contributed by atoms with Crippen LogP contribution in [0.25, 0.3) is 0 Å². The molecule has 0 fully saturated rings. The van der Waals surface area contributed by atoms with Crippen molar-refractivity contribution in [1.29, 1.82) is 0 Å². The van der Waals surface area contributed by atoms with Gasteiger partial charge in [0.1, 0.15) is 11.4 Å². The molecule has 0 spiro atoms. The van der Waals surface area contributed by atoms with Crippen molar-refractivity contribution < 1.29 is 14.1 Å². The number of rotatable bonds is 6. The summed E-state index contributed by atoms with van der Waals surface area (Å²) in [5, 5.41) is 14.1. The van der Waals surface area contributed by atoms with Crippen molar-refractivity contribution in [3.8, 4) is 5.75 Å². The van der Waals surface area contributed by atoms with Crippen molar-refractivity contribution in [3.05, 3.63) is 52.5 Å². The Hall–Kier alpha value is -2.50. The van der Waals surface area contributed by atoms with Crippen LogP contribution in [0.3, 0.4) is 0 Å². The standard InChI is InChI=1S/C13H14N2O4/c1-18-12-6-2-5-11(13(12)15(16)17)14-8-7-10-4-3-9-19-10/h2-6,9,14H,7-8H2,1H3. The molecule has 0 aliphatic rings. The van der Waals surface area contributed by atoms with Crippen LogP contribution in [0.15, 0.2) is 41.0 Å². The Kier molecular flexibility index (Phi) is 4.02. The number of methoxy groups -OCH3 is 1. The SMILES string of the molecule is COc1cccc(NCCc2ccco2)c1[N+](=O)[O-]. The van der Waals surface area contributed by atoms with Crippen molar-refractivity contribution in [2.24, 2.45) is 0 Å². The van der Waals surface area contributed by atoms with E-state index >= 15 is 0 Å². The lowest BCUT2D eigenvalue weighted by Gasteiger charge is -2.08. The molecule has 0 saturated heterocycles. The van der Waals surface area contributed by atoms with Crippen LogP contribution in [0.4, 0.5) is 11.4 Å². The van der Waals surface area contributed by atoms with Crippen LogP contribution in [0, 0.1) is 10.1 Å². The monoisotopic (exact) mass is 262 g/mol. The maximum absolute atomic E-state index is 11.1. The molecule has 2 rings (SSSR count). The van der Waals surface area contributed by atoms with Crippen molar-refractivity contribution in [2.75, 3.05) is 19.0 Å². The average molecular weight is 262 g/mol. The third-order valence-corrected chi connectivity index (χ3v) is 2.67. The van der Waals surface area contributed by atoms with E-state index in [9.17, 15) is 10.1 Å². The number of anilines is 1. The van der Waals surface area contributed by atoms with Crippen molar-refractivity contribution in [2.45, 2.75) is 6.42 Å². The highest BCUT2D eigenvalue weighted by atomic mass is 16.6. The summed E-state index contributed by atoms with van der Waals surface area (Å²) >= 11 is 0. The highest BCUT2D eigenvalue weighted by Gasteiger charge is 2.19. The average Bonchev–Trinajstić information content (AvgIpc) is 2.91. The van der Waals surface area contributed by atoms with Gasteiger partial charge in [-0.25, -0.2) is 0 Å². The molecular formula is C13H14N2O4. The molecule has 6 nitrogen and oxygen atoms in total. The van der Waals surface area contributed by atoms with Gasteiger partial charge in [-0.15, -0.1) is 0 Å². The second kappa shape index (κ2) is 5.90. The van der Waals surface area contributed by atoms with Gasteiger partial charge in [-0.2, -0.15) is 0 Å². The van der Waals surface area contributed by atoms with E-state index in [0.29, 0.717) is 18.7 Å². The lowest BCUT2D eigenvalue weighted by molar-refractivity contribution is -0.384. The molecule has 0 saturated carbocycles. The molecule has 2 aromatic rings. The molecule has 1 aromatic heterocycles. The molecule has 1 aromatic carbocycles. The van der Waals surface area contributed by atoms with Crippen LogP contribution in [0.2, 0.25) is 0 Å². The second-order valence-corrected chi connectivity index (χ2v) is 3.87. The number of nitro groups is 1. The Morgan fingerprint density at radius 3 is 2.84 bits per heavy atom. The summed E-state index contributed by atoms with van der Waals surface area (Å²) in [6.45, 7) is 0.543. The highest BCUT2D eigenvalue weighted by molar-refractivity contribution is 5.68. The lowest BCUT2D eigenvalue weighted by Crippen LogP contribution is -2.07. The molecule has 0 amide bonds. The van der Waals surface area contributed by atoms with Crippen LogP contribution < -0.4 is 10.1 Å². The van der Waals surface area contributed by atoms with Crippen molar-refractivity contribution in [3.63, 3.8) is 0 Å². The van der Waals surface area contributed by atoms with Gasteiger partial charge in [-0.1, -0.05) is 6.07 Å². The van der Waals surface area contributed by atoms with Gasteiger partial charge < -0.3 is 14.5 Å². The number of nitro benzene ring substituents is 1. The first-order chi connectivity index (χ1) is 9.22. The molecule has 6 heteroatoms. The first-order valence-electron chi connectivity index (χ1n) is 5.80. The van der Waals surface area contributed by atoms with Gasteiger partial charge in [-0.05, 0) is 24.3 Å². The Labute approximate surface area is 110 Å². The van der Waals surface area contributed by atoms with Crippen LogP contribution in [0.5, 0.6) is 5.75 Å². The van der Waals surface area contributed by atoms with Crippen molar-refractivity contribution in [1.82, 2.24) is 0 Å². The van der Waals surface area contributed by atoms with E-state index < -0.39 is 4.92 Å². The smallest absolute Gasteiger partial charge is 0.333 e. The zero-order chi connectivity index (χ0) is 13.7. The second-order valence-electron chi connectivity index (χ2n) is 3.87. The van der Waals surface area contributed by atoms with Gasteiger partial charge in [0, 0.05) is 13.0 Å². The Morgan fingerprint density at radius 2 is 2.21 bits per heavy atom. The van der Waals surface area contributed by atoms with Gasteiger partial charge in [-0.3, -0.25) is 10.1 Å². The molecule has 0 aliphatic carbocycles. The zero-order valence-electron chi connectivity index (χ0n) is 10.5. The van der Waals surface area contributed by atoms with E-state index in [1.807, 2.05) is 12.1 Å². The molecule has 0 atom stereocenters. The van der Waals surface area contributed by atoms with Crippen molar-refractivity contribution >= 4 is 11.4 Å². The molecular weight excluding hydrogens is 248 g/mol. The number of para-hydroxylation sites is 1. The number of benzene rings is 1. The molecule has 1 N–H and O–H groups in total. The van der Waals surface area contributed by atoms with Crippen LogP contribution in [0.1, 0.15) is 5.76 Å². The predicted octanol–water partition coefficient (Wildman–Crippen LogP) is 2.85. The fourth-order valence-electron chi connectivity index (χ4n) is 1.79. The van der Waals surface area contributed by atoms with E-state index in [1.54, 1.807) is 24.5 Å². The first-order valence-corrected chi connectivity index (χ1v) is 5.80. The Bertz CT molecular complexity index is 552. The number of furan rings is 1. The number of nitrogens with one attached hydrogen (secondary N) is 1. The summed E-state index contributed by atoms with van der Waals surface area (Å²) in [6.07, 6.45) is 2.25. The number of hydrogen-bond acceptors (Lipinski definition) is 5. The van der Waals surface area contributed by atoms with Crippen LogP contribution in [-0.2, 0) is 6.42 Å². The highest BCUT2D eigenvalue weighted by Crippen LogP contribution is 2.34. The summed E-state index contributed by atoms with van der Waals surface area (Å²) in [4.78, 5) is 10.6. The normalized spacial score (nSPS) is 10.2. The van der Waals surface area contributed by atoms with E-state index in [-0.39, 0.29) is 11.4 Å². The third kappa shape index (κ3) is 3.04.